The molecule has 0 radical (unpaired) electrons. The van der Waals surface area contributed by atoms with Crippen molar-refractivity contribution in [2.75, 3.05) is 13.1 Å². The molecule has 2 heterocycles. The molecule has 15 heavy (non-hydrogen) atoms. The minimum absolute atomic E-state index is 0.0592. The molecule has 82 valence electrons. The summed E-state index contributed by atoms with van der Waals surface area (Å²) in [6.45, 7) is 4.20. The third kappa shape index (κ3) is 2.47. The van der Waals surface area contributed by atoms with Crippen LogP contribution in [0.1, 0.15) is 35.9 Å². The smallest absolute Gasteiger partial charge is 0.189 e. The van der Waals surface area contributed by atoms with Gasteiger partial charge in [-0.05, 0) is 44.3 Å². The molecule has 3 heteroatoms. The third-order valence-electron chi connectivity index (χ3n) is 3.08. The summed E-state index contributed by atoms with van der Waals surface area (Å²) in [5.41, 5.74) is 0. The first kappa shape index (κ1) is 10.8. The SMILES string of the molecule is CC(C(=O)c1cccs1)N1CCCCC1. The van der Waals surface area contributed by atoms with E-state index in [4.69, 9.17) is 0 Å². The van der Waals surface area contributed by atoms with Gasteiger partial charge in [-0.1, -0.05) is 12.5 Å². The lowest BCUT2D eigenvalue weighted by Gasteiger charge is -2.31. The van der Waals surface area contributed by atoms with Crippen molar-refractivity contribution in [3.8, 4) is 0 Å². The minimum Gasteiger partial charge on any atom is -0.293 e. The summed E-state index contributed by atoms with van der Waals surface area (Å²) in [5.74, 6) is 0.284. The number of hydrogen-bond acceptors (Lipinski definition) is 3. The molecule has 1 aliphatic heterocycles. The van der Waals surface area contributed by atoms with Gasteiger partial charge in [-0.2, -0.15) is 0 Å². The summed E-state index contributed by atoms with van der Waals surface area (Å²) in [6, 6.07) is 3.93. The quantitative estimate of drug-likeness (QED) is 0.734. The van der Waals surface area contributed by atoms with Gasteiger partial charge in [-0.3, -0.25) is 9.69 Å². The fourth-order valence-corrected chi connectivity index (χ4v) is 2.84. The van der Waals surface area contributed by atoms with E-state index in [1.807, 2.05) is 24.4 Å². The van der Waals surface area contributed by atoms with Gasteiger partial charge in [0.05, 0.1) is 10.9 Å². The minimum atomic E-state index is 0.0592. The molecule has 0 N–H and O–H groups in total. The molecule has 1 aromatic heterocycles. The third-order valence-corrected chi connectivity index (χ3v) is 3.97. The summed E-state index contributed by atoms with van der Waals surface area (Å²) >= 11 is 1.55. The lowest BCUT2D eigenvalue weighted by molar-refractivity contribution is 0.0813. The topological polar surface area (TPSA) is 20.3 Å². The average Bonchev–Trinajstić information content (AvgIpc) is 2.82. The molecule has 2 rings (SSSR count). The molecule has 0 amide bonds. The fraction of sp³-hybridized carbons (Fsp3) is 0.583. The zero-order chi connectivity index (χ0) is 10.7. The number of thiophene rings is 1. The molecule has 1 aromatic rings. The second kappa shape index (κ2) is 4.90. The van der Waals surface area contributed by atoms with Crippen molar-refractivity contribution >= 4 is 17.1 Å². The molecule has 1 saturated heterocycles. The summed E-state index contributed by atoms with van der Waals surface area (Å²) in [6.07, 6.45) is 3.79. The van der Waals surface area contributed by atoms with Crippen molar-refractivity contribution in [2.24, 2.45) is 0 Å². The Morgan fingerprint density at radius 1 is 1.40 bits per heavy atom. The van der Waals surface area contributed by atoms with Crippen LogP contribution in [0.5, 0.6) is 0 Å². The summed E-state index contributed by atoms with van der Waals surface area (Å²) < 4.78 is 0. The van der Waals surface area contributed by atoms with Crippen molar-refractivity contribution in [1.82, 2.24) is 4.90 Å². The van der Waals surface area contributed by atoms with Gasteiger partial charge in [0.1, 0.15) is 0 Å². The average molecular weight is 223 g/mol. The summed E-state index contributed by atoms with van der Waals surface area (Å²) in [5, 5.41) is 1.97. The Hall–Kier alpha value is -0.670. The summed E-state index contributed by atoms with van der Waals surface area (Å²) in [4.78, 5) is 15.3. The highest BCUT2D eigenvalue weighted by Crippen LogP contribution is 2.17. The highest BCUT2D eigenvalue weighted by molar-refractivity contribution is 7.12. The van der Waals surface area contributed by atoms with Crippen LogP contribution in [0, 0.1) is 0 Å². The molecule has 0 aliphatic carbocycles. The number of piperidine rings is 1. The highest BCUT2D eigenvalue weighted by Gasteiger charge is 2.23. The predicted molar refractivity (Wildman–Crippen MR) is 63.5 cm³/mol. The van der Waals surface area contributed by atoms with Crippen LogP contribution in [0.3, 0.4) is 0 Å². The lowest BCUT2D eigenvalue weighted by atomic mass is 10.1. The van der Waals surface area contributed by atoms with Crippen molar-refractivity contribution < 1.29 is 4.79 Å². The largest absolute Gasteiger partial charge is 0.293 e. The van der Waals surface area contributed by atoms with E-state index in [0.29, 0.717) is 0 Å². The van der Waals surface area contributed by atoms with E-state index >= 15 is 0 Å². The second-order valence-corrected chi connectivity index (χ2v) is 5.06. The molecule has 0 bridgehead atoms. The maximum Gasteiger partial charge on any atom is 0.189 e. The molecule has 0 aromatic carbocycles. The Morgan fingerprint density at radius 3 is 2.73 bits per heavy atom. The van der Waals surface area contributed by atoms with Crippen LogP contribution in [-0.4, -0.2) is 29.8 Å². The van der Waals surface area contributed by atoms with E-state index in [1.54, 1.807) is 11.3 Å². The van der Waals surface area contributed by atoms with Crippen LogP contribution in [0.25, 0.3) is 0 Å². The van der Waals surface area contributed by atoms with Gasteiger partial charge in [-0.15, -0.1) is 11.3 Å². The van der Waals surface area contributed by atoms with E-state index in [0.717, 1.165) is 18.0 Å². The Balaban J connectivity index is 2.00. The Morgan fingerprint density at radius 2 is 2.13 bits per heavy atom. The van der Waals surface area contributed by atoms with Crippen LogP contribution < -0.4 is 0 Å². The molecule has 0 spiro atoms. The maximum absolute atomic E-state index is 12.1. The predicted octanol–water partition coefficient (Wildman–Crippen LogP) is 2.81. The highest BCUT2D eigenvalue weighted by atomic mass is 32.1. The van der Waals surface area contributed by atoms with Gasteiger partial charge in [0.15, 0.2) is 5.78 Å². The number of ketones is 1. The van der Waals surface area contributed by atoms with E-state index in [1.165, 1.54) is 19.3 Å². The number of carbonyl (C=O) groups excluding carboxylic acids is 1. The number of rotatable bonds is 3. The zero-order valence-corrected chi connectivity index (χ0v) is 9.93. The first-order valence-corrected chi connectivity index (χ1v) is 6.49. The monoisotopic (exact) mass is 223 g/mol. The summed E-state index contributed by atoms with van der Waals surface area (Å²) in [7, 11) is 0. The van der Waals surface area contributed by atoms with Crippen LogP contribution in [0.4, 0.5) is 0 Å². The molecular weight excluding hydrogens is 206 g/mol. The van der Waals surface area contributed by atoms with Crippen molar-refractivity contribution in [1.29, 1.82) is 0 Å². The van der Waals surface area contributed by atoms with Crippen molar-refractivity contribution in [2.45, 2.75) is 32.2 Å². The Labute approximate surface area is 94.9 Å². The number of nitrogens with zero attached hydrogens (tertiary/aromatic N) is 1. The van der Waals surface area contributed by atoms with Crippen LogP contribution >= 0.6 is 11.3 Å². The molecule has 1 fully saturated rings. The number of carbonyl (C=O) groups is 1. The van der Waals surface area contributed by atoms with Crippen LogP contribution in [-0.2, 0) is 0 Å². The van der Waals surface area contributed by atoms with Crippen molar-refractivity contribution in [3.05, 3.63) is 22.4 Å². The number of hydrogen-bond donors (Lipinski definition) is 0. The molecular formula is C12H17NOS. The molecule has 1 unspecified atom stereocenters. The number of likely N-dealkylation sites (tertiary alicyclic amines) is 1. The van der Waals surface area contributed by atoms with Gasteiger partial charge in [0, 0.05) is 0 Å². The van der Waals surface area contributed by atoms with E-state index in [-0.39, 0.29) is 11.8 Å². The normalized spacial score (nSPS) is 20.1. The number of Topliss-reactive ketones (excluding diaryl/α,β-unsaturated/α-hetero) is 1. The molecule has 1 aliphatic rings. The van der Waals surface area contributed by atoms with Gasteiger partial charge in [0.2, 0.25) is 0 Å². The van der Waals surface area contributed by atoms with Crippen LogP contribution in [0.15, 0.2) is 17.5 Å². The first-order valence-electron chi connectivity index (χ1n) is 5.61. The molecule has 2 nitrogen and oxygen atoms in total. The van der Waals surface area contributed by atoms with E-state index in [2.05, 4.69) is 4.90 Å². The van der Waals surface area contributed by atoms with Gasteiger partial charge < -0.3 is 0 Å². The van der Waals surface area contributed by atoms with Crippen molar-refractivity contribution in [3.63, 3.8) is 0 Å². The zero-order valence-electron chi connectivity index (χ0n) is 9.11. The second-order valence-electron chi connectivity index (χ2n) is 4.11. The Bertz CT molecular complexity index is 314. The van der Waals surface area contributed by atoms with Crippen LogP contribution in [0.2, 0.25) is 0 Å². The molecule has 1 atom stereocenters. The lowest BCUT2D eigenvalue weighted by Crippen LogP contribution is -2.41. The van der Waals surface area contributed by atoms with Gasteiger partial charge in [-0.25, -0.2) is 0 Å². The van der Waals surface area contributed by atoms with Gasteiger partial charge in [0.25, 0.3) is 0 Å². The van der Waals surface area contributed by atoms with E-state index in [9.17, 15) is 4.79 Å². The first-order chi connectivity index (χ1) is 7.29. The Kier molecular flexibility index (Phi) is 3.54. The fourth-order valence-electron chi connectivity index (χ4n) is 2.10. The van der Waals surface area contributed by atoms with Gasteiger partial charge >= 0.3 is 0 Å². The van der Waals surface area contributed by atoms with E-state index < -0.39 is 0 Å². The standard InChI is InChI=1S/C12H17NOS/c1-10(13-7-3-2-4-8-13)12(14)11-6-5-9-15-11/h5-6,9-10H,2-4,7-8H2,1H3. The maximum atomic E-state index is 12.1. The molecule has 0 saturated carbocycles.